The van der Waals surface area contributed by atoms with Gasteiger partial charge in [0.05, 0.1) is 16.4 Å². The number of aryl methyl sites for hydroxylation is 2. The van der Waals surface area contributed by atoms with Gasteiger partial charge in [0, 0.05) is 17.3 Å². The van der Waals surface area contributed by atoms with Gasteiger partial charge in [-0.3, -0.25) is 9.52 Å². The van der Waals surface area contributed by atoms with E-state index in [9.17, 15) is 21.6 Å². The summed E-state index contributed by atoms with van der Waals surface area (Å²) in [4.78, 5) is 12.5. The molecule has 2 aromatic rings. The number of anilines is 1. The zero-order chi connectivity index (χ0) is 20.5. The summed E-state index contributed by atoms with van der Waals surface area (Å²) in [6, 6.07) is 10.7. The van der Waals surface area contributed by atoms with E-state index < -0.39 is 19.9 Å². The van der Waals surface area contributed by atoms with E-state index in [1.807, 2.05) is 6.92 Å². The van der Waals surface area contributed by atoms with E-state index in [0.29, 0.717) is 23.2 Å². The van der Waals surface area contributed by atoms with Gasteiger partial charge in [0.25, 0.3) is 15.9 Å². The average molecular weight is 423 g/mol. The van der Waals surface area contributed by atoms with Crippen molar-refractivity contribution in [2.24, 2.45) is 0 Å². The van der Waals surface area contributed by atoms with Gasteiger partial charge in [0.1, 0.15) is 0 Å². The first kappa shape index (κ1) is 20.3. The molecule has 3 rings (SSSR count). The molecule has 7 nitrogen and oxygen atoms in total. The Hall–Kier alpha value is -2.39. The largest absolute Gasteiger partial charge is 0.348 e. The van der Waals surface area contributed by atoms with Gasteiger partial charge in [-0.25, -0.2) is 16.8 Å². The highest BCUT2D eigenvalue weighted by Crippen LogP contribution is 2.21. The zero-order valence-corrected chi connectivity index (χ0v) is 17.2. The predicted octanol–water partition coefficient (Wildman–Crippen LogP) is 2.02. The number of carbonyl (C=O) groups is 1. The molecule has 9 heteroatoms. The lowest BCUT2D eigenvalue weighted by atomic mass is 10.1. The number of hydrogen-bond acceptors (Lipinski definition) is 5. The van der Waals surface area contributed by atoms with Gasteiger partial charge in [-0.15, -0.1) is 0 Å². The predicted molar refractivity (Wildman–Crippen MR) is 108 cm³/mol. The van der Waals surface area contributed by atoms with Gasteiger partial charge >= 0.3 is 0 Å². The maximum absolute atomic E-state index is 12.6. The average Bonchev–Trinajstić information content (AvgIpc) is 2.93. The Kier molecular flexibility index (Phi) is 5.49. The summed E-state index contributed by atoms with van der Waals surface area (Å²) in [5.74, 6) is -0.352. The van der Waals surface area contributed by atoms with Crippen LogP contribution in [0.4, 0.5) is 5.69 Å². The number of nitrogens with one attached hydrogen (secondary N) is 2. The van der Waals surface area contributed by atoms with Gasteiger partial charge < -0.3 is 5.32 Å². The molecule has 1 aliphatic heterocycles. The van der Waals surface area contributed by atoms with E-state index in [0.717, 1.165) is 5.56 Å². The van der Waals surface area contributed by atoms with Crippen LogP contribution in [-0.2, 0) is 19.9 Å². The number of hydrogen-bond donors (Lipinski definition) is 2. The SMILES string of the molecule is Cc1ccc(S(=O)(=O)Nc2ccc(C(=O)N[C@@H]3CCS(=O)(=O)C3)cc2)c(C)c1. The number of sulfone groups is 1. The van der Waals surface area contributed by atoms with Crippen molar-refractivity contribution in [2.75, 3.05) is 16.2 Å². The van der Waals surface area contributed by atoms with Gasteiger partial charge in [-0.2, -0.15) is 0 Å². The van der Waals surface area contributed by atoms with E-state index in [2.05, 4.69) is 10.0 Å². The molecule has 0 aliphatic carbocycles. The lowest BCUT2D eigenvalue weighted by Crippen LogP contribution is -2.35. The second kappa shape index (κ2) is 7.56. The highest BCUT2D eigenvalue weighted by molar-refractivity contribution is 7.92. The molecular weight excluding hydrogens is 400 g/mol. The third kappa shape index (κ3) is 4.71. The van der Waals surface area contributed by atoms with Gasteiger partial charge in [0.2, 0.25) is 0 Å². The second-order valence-electron chi connectivity index (χ2n) is 7.03. The van der Waals surface area contributed by atoms with Crippen LogP contribution in [0, 0.1) is 13.8 Å². The molecule has 1 aliphatic rings. The highest BCUT2D eigenvalue weighted by Gasteiger charge is 2.29. The molecule has 1 fully saturated rings. The van der Waals surface area contributed by atoms with Crippen molar-refractivity contribution in [2.45, 2.75) is 31.2 Å². The summed E-state index contributed by atoms with van der Waals surface area (Å²) in [6.45, 7) is 3.62. The summed E-state index contributed by atoms with van der Waals surface area (Å²) in [5.41, 5.74) is 2.29. The fourth-order valence-corrected chi connectivity index (χ4v) is 6.14. The normalized spacial score (nSPS) is 18.6. The third-order valence-corrected chi connectivity index (χ3v) is 7.90. The molecule has 150 valence electrons. The van der Waals surface area contributed by atoms with E-state index in [4.69, 9.17) is 0 Å². The van der Waals surface area contributed by atoms with Crippen molar-refractivity contribution < 1.29 is 21.6 Å². The summed E-state index contributed by atoms with van der Waals surface area (Å²) in [6.07, 6.45) is 0.405. The Morgan fingerprint density at radius 3 is 2.32 bits per heavy atom. The lowest BCUT2D eigenvalue weighted by Gasteiger charge is -2.13. The molecular formula is C19H22N2O5S2. The summed E-state index contributed by atoms with van der Waals surface area (Å²) < 4.78 is 50.7. The summed E-state index contributed by atoms with van der Waals surface area (Å²) >= 11 is 0. The van der Waals surface area contributed by atoms with Crippen LogP contribution in [0.3, 0.4) is 0 Å². The van der Waals surface area contributed by atoms with Crippen molar-refractivity contribution in [3.63, 3.8) is 0 Å². The van der Waals surface area contributed by atoms with Crippen molar-refractivity contribution in [3.05, 3.63) is 59.2 Å². The number of benzene rings is 2. The van der Waals surface area contributed by atoms with Crippen LogP contribution in [-0.4, -0.2) is 40.3 Å². The molecule has 0 spiro atoms. The van der Waals surface area contributed by atoms with Gasteiger partial charge in [-0.1, -0.05) is 17.7 Å². The molecule has 2 aromatic carbocycles. The fraction of sp³-hybridized carbons (Fsp3) is 0.316. The molecule has 1 atom stereocenters. The zero-order valence-electron chi connectivity index (χ0n) is 15.6. The minimum absolute atomic E-state index is 0.0491. The molecule has 2 N–H and O–H groups in total. The van der Waals surface area contributed by atoms with E-state index >= 15 is 0 Å². The molecule has 0 bridgehead atoms. The first-order chi connectivity index (χ1) is 13.1. The molecule has 28 heavy (non-hydrogen) atoms. The molecule has 1 amide bonds. The van der Waals surface area contributed by atoms with Crippen LogP contribution in [0.15, 0.2) is 47.4 Å². The van der Waals surface area contributed by atoms with Crippen LogP contribution in [0.5, 0.6) is 0 Å². The van der Waals surface area contributed by atoms with Gasteiger partial charge in [-0.05, 0) is 56.2 Å². The smallest absolute Gasteiger partial charge is 0.262 e. The second-order valence-corrected chi connectivity index (χ2v) is 10.9. The molecule has 0 radical (unpaired) electrons. The molecule has 0 unspecified atom stereocenters. The number of amides is 1. The van der Waals surface area contributed by atoms with Crippen LogP contribution >= 0.6 is 0 Å². The van der Waals surface area contributed by atoms with Crippen molar-refractivity contribution in [3.8, 4) is 0 Å². The molecule has 0 saturated carbocycles. The van der Waals surface area contributed by atoms with E-state index in [1.54, 1.807) is 25.1 Å². The van der Waals surface area contributed by atoms with Crippen molar-refractivity contribution in [1.82, 2.24) is 5.32 Å². The molecule has 1 heterocycles. The van der Waals surface area contributed by atoms with Crippen LogP contribution in [0.2, 0.25) is 0 Å². The number of rotatable bonds is 5. The lowest BCUT2D eigenvalue weighted by molar-refractivity contribution is 0.0941. The van der Waals surface area contributed by atoms with Crippen LogP contribution in [0.25, 0.3) is 0 Å². The fourth-order valence-electron chi connectivity index (χ4n) is 3.18. The van der Waals surface area contributed by atoms with Gasteiger partial charge in [0.15, 0.2) is 9.84 Å². The summed E-state index contributed by atoms with van der Waals surface area (Å²) in [7, 11) is -6.82. The minimum atomic E-state index is -3.74. The molecule has 1 saturated heterocycles. The Morgan fingerprint density at radius 1 is 1.07 bits per heavy atom. The monoisotopic (exact) mass is 422 g/mol. The first-order valence-corrected chi connectivity index (χ1v) is 12.1. The Labute approximate surface area is 165 Å². The Balaban J connectivity index is 1.69. The van der Waals surface area contributed by atoms with Crippen LogP contribution in [0.1, 0.15) is 27.9 Å². The van der Waals surface area contributed by atoms with Crippen molar-refractivity contribution in [1.29, 1.82) is 0 Å². The third-order valence-electron chi connectivity index (χ3n) is 4.59. The molecule has 0 aromatic heterocycles. The highest BCUT2D eigenvalue weighted by atomic mass is 32.2. The Morgan fingerprint density at radius 2 is 1.75 bits per heavy atom. The van der Waals surface area contributed by atoms with Crippen LogP contribution < -0.4 is 10.0 Å². The Bertz CT molecular complexity index is 1110. The number of carbonyl (C=O) groups excluding carboxylic acids is 1. The maximum atomic E-state index is 12.6. The van der Waals surface area contributed by atoms with Crippen molar-refractivity contribution >= 4 is 31.5 Å². The van der Waals surface area contributed by atoms with E-state index in [-0.39, 0.29) is 28.4 Å². The summed E-state index contributed by atoms with van der Waals surface area (Å²) in [5, 5.41) is 2.70. The first-order valence-electron chi connectivity index (χ1n) is 8.77. The topological polar surface area (TPSA) is 109 Å². The maximum Gasteiger partial charge on any atom is 0.262 e. The minimum Gasteiger partial charge on any atom is -0.348 e. The number of sulfonamides is 1. The van der Waals surface area contributed by atoms with E-state index in [1.165, 1.54) is 24.3 Å². The quantitative estimate of drug-likeness (QED) is 0.766. The standard InChI is InChI=1S/C19H22N2O5S2/c1-13-3-8-18(14(2)11-13)28(25,26)21-16-6-4-15(5-7-16)19(22)20-17-9-10-27(23,24)12-17/h3-8,11,17,21H,9-10,12H2,1-2H3,(H,20,22)/t17-/m1/s1.